The van der Waals surface area contributed by atoms with Gasteiger partial charge in [-0.3, -0.25) is 0 Å². The average Bonchev–Trinajstić information content (AvgIpc) is 3.06. The number of nitrogens with one attached hydrogen (secondary N) is 1. The number of sulfonamides is 1. The van der Waals surface area contributed by atoms with E-state index >= 15 is 0 Å². The Bertz CT molecular complexity index is 548. The lowest BCUT2D eigenvalue weighted by atomic mass is 10.1. The summed E-state index contributed by atoms with van der Waals surface area (Å²) >= 11 is 0. The van der Waals surface area contributed by atoms with Gasteiger partial charge in [0.1, 0.15) is 0 Å². The van der Waals surface area contributed by atoms with Gasteiger partial charge in [-0.15, -0.1) is 0 Å². The second kappa shape index (κ2) is 4.64. The molecule has 1 aromatic carbocycles. The second-order valence-corrected chi connectivity index (χ2v) is 7.11. The molecule has 0 amide bonds. The highest BCUT2D eigenvalue weighted by atomic mass is 32.2. The zero-order valence-electron chi connectivity index (χ0n) is 10.9. The summed E-state index contributed by atoms with van der Waals surface area (Å²) < 4.78 is 27.2. The van der Waals surface area contributed by atoms with Crippen LogP contribution in [0.2, 0.25) is 0 Å². The normalized spacial score (nSPS) is 17.7. The minimum Gasteiger partial charge on any atom is -0.326 e. The number of hydrogen-bond acceptors (Lipinski definition) is 3. The Morgan fingerprint density at radius 2 is 2.06 bits per heavy atom. The van der Waals surface area contributed by atoms with Crippen molar-refractivity contribution in [1.29, 1.82) is 0 Å². The Hall–Kier alpha value is -0.910. The molecule has 1 aliphatic rings. The van der Waals surface area contributed by atoms with Crippen molar-refractivity contribution >= 4 is 10.0 Å². The van der Waals surface area contributed by atoms with Crippen molar-refractivity contribution in [3.8, 4) is 0 Å². The van der Waals surface area contributed by atoms with Crippen LogP contribution >= 0.6 is 0 Å². The fourth-order valence-corrected chi connectivity index (χ4v) is 3.40. The van der Waals surface area contributed by atoms with Gasteiger partial charge in [-0.1, -0.05) is 19.1 Å². The highest BCUT2D eigenvalue weighted by Crippen LogP contribution is 2.44. The Kier molecular flexibility index (Phi) is 3.49. The molecule has 5 heteroatoms. The molecule has 1 aromatic rings. The zero-order valence-corrected chi connectivity index (χ0v) is 11.7. The highest BCUT2D eigenvalue weighted by molar-refractivity contribution is 7.89. The number of hydrogen-bond donors (Lipinski definition) is 2. The minimum absolute atomic E-state index is 0.159. The molecule has 18 heavy (non-hydrogen) atoms. The molecule has 0 atom stereocenters. The minimum atomic E-state index is -3.42. The average molecular weight is 268 g/mol. The van der Waals surface area contributed by atoms with Crippen LogP contribution in [-0.2, 0) is 16.6 Å². The van der Waals surface area contributed by atoms with Crippen LogP contribution in [0, 0.1) is 12.3 Å². The van der Waals surface area contributed by atoms with Crippen molar-refractivity contribution in [2.24, 2.45) is 11.1 Å². The fraction of sp³-hybridized carbons (Fsp3) is 0.538. The molecule has 0 saturated heterocycles. The van der Waals surface area contributed by atoms with Crippen LogP contribution in [0.15, 0.2) is 23.1 Å². The molecule has 0 radical (unpaired) electrons. The molecule has 1 saturated carbocycles. The van der Waals surface area contributed by atoms with Gasteiger partial charge in [-0.25, -0.2) is 13.1 Å². The van der Waals surface area contributed by atoms with E-state index < -0.39 is 10.0 Å². The molecule has 0 unspecified atom stereocenters. The third kappa shape index (κ3) is 2.74. The Labute approximate surface area is 109 Å². The summed E-state index contributed by atoms with van der Waals surface area (Å²) in [6, 6.07) is 5.23. The summed E-state index contributed by atoms with van der Waals surface area (Å²) in [7, 11) is -3.42. The summed E-state index contributed by atoms with van der Waals surface area (Å²) in [6.45, 7) is 4.77. The van der Waals surface area contributed by atoms with Crippen molar-refractivity contribution in [1.82, 2.24) is 4.72 Å². The standard InChI is InChI=1S/C13H20N2O2S/c1-10-11(8-14)4-3-5-12(10)18(16,17)15-9-13(2)6-7-13/h3-5,15H,6-9,14H2,1-2H3. The van der Waals surface area contributed by atoms with Crippen molar-refractivity contribution in [3.63, 3.8) is 0 Å². The monoisotopic (exact) mass is 268 g/mol. The van der Waals surface area contributed by atoms with Crippen LogP contribution in [0.25, 0.3) is 0 Å². The van der Waals surface area contributed by atoms with Crippen LogP contribution in [0.5, 0.6) is 0 Å². The van der Waals surface area contributed by atoms with E-state index in [4.69, 9.17) is 5.73 Å². The van der Waals surface area contributed by atoms with E-state index in [0.29, 0.717) is 18.0 Å². The van der Waals surface area contributed by atoms with E-state index in [1.807, 2.05) is 6.07 Å². The lowest BCUT2D eigenvalue weighted by molar-refractivity contribution is 0.530. The van der Waals surface area contributed by atoms with E-state index in [-0.39, 0.29) is 5.41 Å². The van der Waals surface area contributed by atoms with Gasteiger partial charge >= 0.3 is 0 Å². The fourth-order valence-electron chi connectivity index (χ4n) is 1.91. The summed E-state index contributed by atoms with van der Waals surface area (Å²) in [5, 5.41) is 0. The molecular weight excluding hydrogens is 248 g/mol. The van der Waals surface area contributed by atoms with E-state index in [1.165, 1.54) is 0 Å². The maximum absolute atomic E-state index is 12.2. The van der Waals surface area contributed by atoms with Gasteiger partial charge in [-0.2, -0.15) is 0 Å². The van der Waals surface area contributed by atoms with E-state index in [9.17, 15) is 8.42 Å². The smallest absolute Gasteiger partial charge is 0.240 e. The van der Waals surface area contributed by atoms with Gasteiger partial charge < -0.3 is 5.73 Å². The van der Waals surface area contributed by atoms with Gasteiger partial charge in [0.25, 0.3) is 0 Å². The maximum Gasteiger partial charge on any atom is 0.240 e. The van der Waals surface area contributed by atoms with Crippen molar-refractivity contribution < 1.29 is 8.42 Å². The maximum atomic E-state index is 12.2. The van der Waals surface area contributed by atoms with Gasteiger partial charge in [0.15, 0.2) is 0 Å². The molecule has 0 aliphatic heterocycles. The Morgan fingerprint density at radius 1 is 1.39 bits per heavy atom. The molecule has 0 heterocycles. The first kappa shape index (κ1) is 13.5. The van der Waals surface area contributed by atoms with Crippen molar-refractivity contribution in [3.05, 3.63) is 29.3 Å². The molecule has 0 aromatic heterocycles. The third-order valence-corrected chi connectivity index (χ3v) is 5.24. The summed E-state index contributed by atoms with van der Waals surface area (Å²) in [5.41, 5.74) is 7.37. The topological polar surface area (TPSA) is 72.2 Å². The largest absolute Gasteiger partial charge is 0.326 e. The van der Waals surface area contributed by atoms with Crippen LogP contribution in [-0.4, -0.2) is 15.0 Å². The molecule has 2 rings (SSSR count). The number of rotatable bonds is 5. The molecule has 1 aliphatic carbocycles. The first-order valence-corrected chi connectivity index (χ1v) is 7.64. The van der Waals surface area contributed by atoms with Crippen molar-refractivity contribution in [2.75, 3.05) is 6.54 Å². The van der Waals surface area contributed by atoms with Crippen molar-refractivity contribution in [2.45, 2.75) is 38.1 Å². The van der Waals surface area contributed by atoms with Crippen LogP contribution in [0.1, 0.15) is 30.9 Å². The van der Waals surface area contributed by atoms with E-state index in [0.717, 1.165) is 24.0 Å². The molecule has 0 bridgehead atoms. The highest BCUT2D eigenvalue weighted by Gasteiger charge is 2.38. The predicted octanol–water partition coefficient (Wildman–Crippen LogP) is 1.53. The molecule has 4 nitrogen and oxygen atoms in total. The quantitative estimate of drug-likeness (QED) is 0.850. The summed E-state index contributed by atoms with van der Waals surface area (Å²) in [4.78, 5) is 0.342. The van der Waals surface area contributed by atoms with Crippen LogP contribution < -0.4 is 10.5 Å². The second-order valence-electron chi connectivity index (χ2n) is 5.38. The van der Waals surface area contributed by atoms with Gasteiger partial charge in [0.05, 0.1) is 4.90 Å². The predicted molar refractivity (Wildman–Crippen MR) is 71.6 cm³/mol. The summed E-state index contributed by atoms with van der Waals surface area (Å²) in [5.74, 6) is 0. The molecule has 100 valence electrons. The van der Waals surface area contributed by atoms with Crippen LogP contribution in [0.3, 0.4) is 0 Å². The van der Waals surface area contributed by atoms with E-state index in [1.54, 1.807) is 19.1 Å². The SMILES string of the molecule is Cc1c(CN)cccc1S(=O)(=O)NCC1(C)CC1. The lowest BCUT2D eigenvalue weighted by Gasteiger charge is -2.14. The zero-order chi connectivity index (χ0) is 13.4. The van der Waals surface area contributed by atoms with Crippen LogP contribution in [0.4, 0.5) is 0 Å². The first-order chi connectivity index (χ1) is 8.38. The molecule has 0 spiro atoms. The third-order valence-electron chi connectivity index (χ3n) is 3.70. The summed E-state index contributed by atoms with van der Waals surface area (Å²) in [6.07, 6.45) is 2.19. The van der Waals surface area contributed by atoms with Gasteiger partial charge in [0, 0.05) is 13.1 Å². The first-order valence-electron chi connectivity index (χ1n) is 6.16. The van der Waals surface area contributed by atoms with Gasteiger partial charge in [-0.05, 0) is 42.4 Å². The Balaban J connectivity index is 2.23. The Morgan fingerprint density at radius 3 is 2.61 bits per heavy atom. The number of nitrogens with two attached hydrogens (primary N) is 1. The number of benzene rings is 1. The lowest BCUT2D eigenvalue weighted by Crippen LogP contribution is -2.29. The molecular formula is C13H20N2O2S. The molecule has 3 N–H and O–H groups in total. The van der Waals surface area contributed by atoms with Gasteiger partial charge in [0.2, 0.25) is 10.0 Å². The van der Waals surface area contributed by atoms with E-state index in [2.05, 4.69) is 11.6 Å². The molecule has 1 fully saturated rings.